The summed E-state index contributed by atoms with van der Waals surface area (Å²) >= 11 is 3.38. The summed E-state index contributed by atoms with van der Waals surface area (Å²) in [5, 5.41) is 11.3. The number of para-hydroxylation sites is 1. The number of benzene rings is 2. The Morgan fingerprint density at radius 3 is 2.59 bits per heavy atom. The number of hydrogen-bond acceptors (Lipinski definition) is 5. The second-order valence-corrected chi connectivity index (χ2v) is 9.54. The Hall–Kier alpha value is -2.26. The number of halogens is 1. The first-order chi connectivity index (χ1) is 12.8. The number of nitro groups is 1. The second-order valence-electron chi connectivity index (χ2n) is 6.39. The van der Waals surface area contributed by atoms with Crippen molar-refractivity contribution < 1.29 is 18.1 Å². The Kier molecular flexibility index (Phi) is 5.61. The number of rotatable bonds is 5. The van der Waals surface area contributed by atoms with Gasteiger partial charge in [-0.15, -0.1) is 0 Å². The maximum absolute atomic E-state index is 13.2. The predicted octanol–water partition coefficient (Wildman–Crippen LogP) is 3.19. The van der Waals surface area contributed by atoms with Crippen LogP contribution in [0.15, 0.2) is 53.0 Å². The van der Waals surface area contributed by atoms with E-state index in [1.54, 1.807) is 6.07 Å². The maximum Gasteiger partial charge on any atom is 0.282 e. The van der Waals surface area contributed by atoms with Gasteiger partial charge in [0.05, 0.1) is 16.4 Å². The first-order valence-electron chi connectivity index (χ1n) is 8.26. The van der Waals surface area contributed by atoms with Crippen LogP contribution in [0.4, 0.5) is 5.69 Å². The number of carbonyl (C=O) groups is 1. The summed E-state index contributed by atoms with van der Waals surface area (Å²) in [6, 6.07) is 12.5. The Morgan fingerprint density at radius 1 is 1.22 bits per heavy atom. The number of hydrogen-bond donors (Lipinski definition) is 0. The van der Waals surface area contributed by atoms with E-state index in [4.69, 9.17) is 0 Å². The monoisotopic (exact) mass is 452 g/mol. The third kappa shape index (κ3) is 4.54. The van der Waals surface area contributed by atoms with E-state index in [2.05, 4.69) is 15.9 Å². The number of nitro benzene ring substituents is 1. The smallest absolute Gasteiger partial charge is 0.282 e. The molecule has 3 rings (SSSR count). The molecule has 0 spiro atoms. The topological polar surface area (TPSA) is 97.6 Å². The molecule has 142 valence electrons. The molecule has 1 amide bonds. The molecule has 2 aromatic carbocycles. The molecule has 1 saturated heterocycles. The lowest BCUT2D eigenvalue weighted by Crippen LogP contribution is -2.40. The molecule has 1 fully saturated rings. The van der Waals surface area contributed by atoms with E-state index in [-0.39, 0.29) is 29.3 Å². The summed E-state index contributed by atoms with van der Waals surface area (Å²) in [4.78, 5) is 25.3. The van der Waals surface area contributed by atoms with E-state index in [0.717, 1.165) is 10.0 Å². The van der Waals surface area contributed by atoms with Gasteiger partial charge in [0.15, 0.2) is 9.84 Å². The standard InChI is InChI=1S/C18H17BrN2O5S/c19-14-5-3-4-13(10-14)11-20(15-8-9-27(25,26)12-15)18(22)16-6-1-2-7-17(16)21(23)24/h1-7,10,15H,8-9,11-12H2/t15-/m1/s1. The highest BCUT2D eigenvalue weighted by Crippen LogP contribution is 2.26. The van der Waals surface area contributed by atoms with Crippen LogP contribution < -0.4 is 0 Å². The van der Waals surface area contributed by atoms with E-state index in [1.165, 1.54) is 23.1 Å². The van der Waals surface area contributed by atoms with Crippen LogP contribution in [0.5, 0.6) is 0 Å². The van der Waals surface area contributed by atoms with Crippen molar-refractivity contribution in [3.8, 4) is 0 Å². The largest absolute Gasteiger partial charge is 0.330 e. The molecule has 0 aromatic heterocycles. The molecule has 0 N–H and O–H groups in total. The zero-order chi connectivity index (χ0) is 19.6. The van der Waals surface area contributed by atoms with Gasteiger partial charge in [-0.25, -0.2) is 8.42 Å². The van der Waals surface area contributed by atoms with Crippen molar-refractivity contribution in [1.82, 2.24) is 4.90 Å². The molecular formula is C18H17BrN2O5S. The minimum Gasteiger partial charge on any atom is -0.330 e. The van der Waals surface area contributed by atoms with Gasteiger partial charge < -0.3 is 4.90 Å². The lowest BCUT2D eigenvalue weighted by atomic mass is 10.1. The van der Waals surface area contributed by atoms with Crippen LogP contribution in [0.2, 0.25) is 0 Å². The van der Waals surface area contributed by atoms with Gasteiger partial charge in [0, 0.05) is 23.1 Å². The third-order valence-corrected chi connectivity index (χ3v) is 6.73. The van der Waals surface area contributed by atoms with Crippen LogP contribution in [-0.2, 0) is 16.4 Å². The molecule has 0 bridgehead atoms. The predicted molar refractivity (Wildman–Crippen MR) is 104 cm³/mol. The third-order valence-electron chi connectivity index (χ3n) is 4.48. The molecule has 7 nitrogen and oxygen atoms in total. The van der Waals surface area contributed by atoms with E-state index in [1.807, 2.05) is 24.3 Å². The van der Waals surface area contributed by atoms with E-state index in [0.29, 0.717) is 6.42 Å². The number of carbonyl (C=O) groups excluding carboxylic acids is 1. The van der Waals surface area contributed by atoms with Crippen LogP contribution in [0.3, 0.4) is 0 Å². The summed E-state index contributed by atoms with van der Waals surface area (Å²) in [7, 11) is -3.22. The summed E-state index contributed by atoms with van der Waals surface area (Å²) in [6.45, 7) is 0.171. The van der Waals surface area contributed by atoms with Gasteiger partial charge in [0.2, 0.25) is 0 Å². The summed E-state index contributed by atoms with van der Waals surface area (Å²) in [6.07, 6.45) is 0.322. The molecule has 1 aliphatic rings. The van der Waals surface area contributed by atoms with Crippen LogP contribution >= 0.6 is 15.9 Å². The van der Waals surface area contributed by atoms with Crippen molar-refractivity contribution in [2.75, 3.05) is 11.5 Å². The SMILES string of the molecule is O=C(c1ccccc1[N+](=O)[O-])N(Cc1cccc(Br)c1)[C@@H]1CCS(=O)(=O)C1. The van der Waals surface area contributed by atoms with Crippen LogP contribution in [-0.4, -0.2) is 41.7 Å². The second kappa shape index (κ2) is 7.77. The van der Waals surface area contributed by atoms with Crippen molar-refractivity contribution in [3.63, 3.8) is 0 Å². The van der Waals surface area contributed by atoms with Gasteiger partial charge in [-0.3, -0.25) is 14.9 Å². The molecule has 0 unspecified atom stereocenters. The number of nitrogens with zero attached hydrogens (tertiary/aromatic N) is 2. The molecule has 0 saturated carbocycles. The first kappa shape index (κ1) is 19.5. The molecule has 9 heteroatoms. The molecular weight excluding hydrogens is 436 g/mol. The highest BCUT2D eigenvalue weighted by molar-refractivity contribution is 9.10. The van der Waals surface area contributed by atoms with Crippen LogP contribution in [0, 0.1) is 10.1 Å². The highest BCUT2D eigenvalue weighted by Gasteiger charge is 2.36. The van der Waals surface area contributed by atoms with Crippen LogP contribution in [0.1, 0.15) is 22.3 Å². The molecule has 1 aliphatic heterocycles. The Morgan fingerprint density at radius 2 is 1.96 bits per heavy atom. The molecule has 0 radical (unpaired) electrons. The zero-order valence-electron chi connectivity index (χ0n) is 14.2. The van der Waals surface area contributed by atoms with E-state index in [9.17, 15) is 23.3 Å². The van der Waals surface area contributed by atoms with Crippen molar-refractivity contribution in [3.05, 3.63) is 74.2 Å². The number of amides is 1. The van der Waals surface area contributed by atoms with Gasteiger partial charge in [0.25, 0.3) is 11.6 Å². The Bertz CT molecular complexity index is 993. The highest BCUT2D eigenvalue weighted by atomic mass is 79.9. The molecule has 0 aliphatic carbocycles. The molecule has 1 atom stereocenters. The average molecular weight is 453 g/mol. The first-order valence-corrected chi connectivity index (χ1v) is 10.9. The normalized spacial score (nSPS) is 18.2. The van der Waals surface area contributed by atoms with E-state index < -0.39 is 26.7 Å². The van der Waals surface area contributed by atoms with Crippen LogP contribution in [0.25, 0.3) is 0 Å². The molecule has 27 heavy (non-hydrogen) atoms. The minimum absolute atomic E-state index is 0.0107. The lowest BCUT2D eigenvalue weighted by molar-refractivity contribution is -0.385. The fraction of sp³-hybridized carbons (Fsp3) is 0.278. The average Bonchev–Trinajstić information content (AvgIpc) is 2.98. The maximum atomic E-state index is 13.2. The molecule has 2 aromatic rings. The van der Waals surface area contributed by atoms with Crippen molar-refractivity contribution in [2.24, 2.45) is 0 Å². The molecule has 1 heterocycles. The van der Waals surface area contributed by atoms with Gasteiger partial charge in [-0.2, -0.15) is 0 Å². The summed E-state index contributed by atoms with van der Waals surface area (Å²) < 4.78 is 24.7. The Balaban J connectivity index is 1.99. The van der Waals surface area contributed by atoms with Crippen molar-refractivity contribution in [1.29, 1.82) is 0 Å². The minimum atomic E-state index is -3.22. The van der Waals surface area contributed by atoms with Gasteiger partial charge in [-0.1, -0.05) is 40.2 Å². The summed E-state index contributed by atoms with van der Waals surface area (Å²) in [5.74, 6) is -0.658. The zero-order valence-corrected chi connectivity index (χ0v) is 16.6. The lowest BCUT2D eigenvalue weighted by Gasteiger charge is -2.28. The van der Waals surface area contributed by atoms with Crippen molar-refractivity contribution >= 4 is 37.4 Å². The van der Waals surface area contributed by atoms with Gasteiger partial charge >= 0.3 is 0 Å². The van der Waals surface area contributed by atoms with E-state index >= 15 is 0 Å². The Labute approximate surface area is 165 Å². The number of sulfone groups is 1. The fourth-order valence-corrected chi connectivity index (χ4v) is 5.37. The van der Waals surface area contributed by atoms with Crippen molar-refractivity contribution in [2.45, 2.75) is 19.0 Å². The van der Waals surface area contributed by atoms with Gasteiger partial charge in [-0.05, 0) is 30.2 Å². The summed E-state index contributed by atoms with van der Waals surface area (Å²) in [5.41, 5.74) is 0.477. The fourth-order valence-electron chi connectivity index (χ4n) is 3.19. The quantitative estimate of drug-likeness (QED) is 0.512. The van der Waals surface area contributed by atoms with Gasteiger partial charge in [0.1, 0.15) is 5.56 Å².